The highest BCUT2D eigenvalue weighted by molar-refractivity contribution is 6.49. The van der Waals surface area contributed by atoms with Gasteiger partial charge in [-0.25, -0.2) is 18.4 Å². The second-order valence-electron chi connectivity index (χ2n) is 4.80. The number of rotatable bonds is 4. The highest BCUT2D eigenvalue weighted by Gasteiger charge is 2.11. The highest BCUT2D eigenvalue weighted by atomic mass is 28.2. The number of hydrogen-bond acceptors (Lipinski definition) is 2. The molecular weight excluding hydrogens is 300 g/mol. The van der Waals surface area contributed by atoms with Crippen molar-refractivity contribution in [1.82, 2.24) is 14.8 Å². The summed E-state index contributed by atoms with van der Waals surface area (Å²) < 4.78 is 27.9. The van der Waals surface area contributed by atoms with Crippen LogP contribution in [0.3, 0.4) is 0 Å². The van der Waals surface area contributed by atoms with E-state index in [1.807, 2.05) is 5.80 Å². The van der Waals surface area contributed by atoms with Crippen LogP contribution in [0.1, 0.15) is 16.7 Å². The van der Waals surface area contributed by atoms with Gasteiger partial charge in [-0.1, -0.05) is 24.3 Å². The molecular formula is C16H13F2N3Si. The summed E-state index contributed by atoms with van der Waals surface area (Å²) in [5.74, 6) is 1.44. The van der Waals surface area contributed by atoms with Gasteiger partial charge in [0.05, 0.1) is 0 Å². The molecule has 6 heteroatoms. The zero-order chi connectivity index (χ0) is 15.4. The predicted molar refractivity (Wildman–Crippen MR) is 83.3 cm³/mol. The molecule has 0 atom stereocenters. The number of nitrogens with zero attached hydrogens (tertiary/aromatic N) is 3. The molecule has 0 aliphatic heterocycles. The van der Waals surface area contributed by atoms with E-state index in [9.17, 15) is 8.78 Å². The monoisotopic (exact) mass is 313 g/mol. The average molecular weight is 313 g/mol. The van der Waals surface area contributed by atoms with E-state index < -0.39 is 0 Å². The van der Waals surface area contributed by atoms with E-state index in [0.29, 0.717) is 0 Å². The summed E-state index contributed by atoms with van der Waals surface area (Å²) >= 11 is 0. The molecule has 3 rings (SSSR count). The molecule has 0 unspecified atom stereocenters. The third-order valence-corrected chi connectivity index (χ3v) is 4.96. The van der Waals surface area contributed by atoms with Crippen LogP contribution < -0.4 is 0 Å². The van der Waals surface area contributed by atoms with Gasteiger partial charge in [-0.15, -0.1) is 0 Å². The van der Waals surface area contributed by atoms with E-state index in [4.69, 9.17) is 0 Å². The summed E-state index contributed by atoms with van der Waals surface area (Å²) in [7, 11) is -0.209. The SMILES string of the molecule is Fc1ccc(C([SiH]=Cn2cncn2)c2ccc(F)cc2)cc1. The summed E-state index contributed by atoms with van der Waals surface area (Å²) in [6.45, 7) is 0. The minimum atomic E-state index is -0.267. The van der Waals surface area contributed by atoms with Gasteiger partial charge in [0.15, 0.2) is 0 Å². The molecule has 0 N–H and O–H groups in total. The largest absolute Gasteiger partial charge is 0.234 e. The molecule has 0 saturated carbocycles. The van der Waals surface area contributed by atoms with Crippen molar-refractivity contribution < 1.29 is 8.78 Å². The highest BCUT2D eigenvalue weighted by Crippen LogP contribution is 2.22. The van der Waals surface area contributed by atoms with Gasteiger partial charge >= 0.3 is 0 Å². The Balaban J connectivity index is 1.97. The Morgan fingerprint density at radius 2 is 1.45 bits per heavy atom. The summed E-state index contributed by atoms with van der Waals surface area (Å²) in [5.41, 5.74) is 2.07. The number of halogens is 2. The van der Waals surface area contributed by atoms with E-state index in [2.05, 4.69) is 10.1 Å². The molecule has 1 aromatic heterocycles. The number of hydrogen-bond donors (Lipinski definition) is 0. The average Bonchev–Trinajstić information content (AvgIpc) is 3.04. The molecule has 1 heterocycles. The number of aromatic nitrogens is 3. The first kappa shape index (κ1) is 14.5. The van der Waals surface area contributed by atoms with Crippen molar-refractivity contribution in [3.63, 3.8) is 0 Å². The normalized spacial score (nSPS) is 11.4. The smallest absolute Gasteiger partial charge is 0.138 e. The molecule has 2 aromatic carbocycles. The van der Waals surface area contributed by atoms with Crippen LogP contribution in [0.4, 0.5) is 8.78 Å². The van der Waals surface area contributed by atoms with E-state index in [0.717, 1.165) is 11.1 Å². The van der Waals surface area contributed by atoms with Crippen molar-refractivity contribution in [3.8, 4) is 0 Å². The van der Waals surface area contributed by atoms with Crippen LogP contribution in [0.5, 0.6) is 0 Å². The van der Waals surface area contributed by atoms with Crippen molar-refractivity contribution in [2.45, 2.75) is 5.54 Å². The van der Waals surface area contributed by atoms with Crippen molar-refractivity contribution in [2.24, 2.45) is 0 Å². The maximum absolute atomic E-state index is 13.1. The zero-order valence-electron chi connectivity index (χ0n) is 11.6. The summed E-state index contributed by atoms with van der Waals surface area (Å²) in [6.07, 6.45) is 3.10. The minimum absolute atomic E-state index is 0.0744. The van der Waals surface area contributed by atoms with Crippen molar-refractivity contribution in [1.29, 1.82) is 0 Å². The first-order valence-electron chi connectivity index (χ1n) is 6.76. The lowest BCUT2D eigenvalue weighted by molar-refractivity contribution is 0.626. The first-order valence-corrected chi connectivity index (χ1v) is 8.09. The van der Waals surface area contributed by atoms with Crippen LogP contribution in [0.15, 0.2) is 61.2 Å². The molecule has 3 aromatic rings. The maximum atomic E-state index is 13.1. The van der Waals surface area contributed by atoms with E-state index in [1.54, 1.807) is 35.3 Å². The van der Waals surface area contributed by atoms with E-state index in [1.165, 1.54) is 30.6 Å². The van der Waals surface area contributed by atoms with Crippen LogP contribution in [-0.4, -0.2) is 29.7 Å². The molecule has 0 radical (unpaired) electrons. The van der Waals surface area contributed by atoms with Crippen LogP contribution >= 0.6 is 0 Å². The first-order chi connectivity index (χ1) is 10.7. The number of benzene rings is 2. The maximum Gasteiger partial charge on any atom is 0.138 e. The molecule has 0 spiro atoms. The van der Waals surface area contributed by atoms with Gasteiger partial charge in [0.1, 0.15) is 24.3 Å². The standard InChI is InChI=1S/C16H13F2N3Si/c17-14-5-1-12(2-6-14)16(13-3-7-15(18)8-4-13)22-11-21-10-19-9-20-21/h1-11,16,22H. The molecule has 110 valence electrons. The van der Waals surface area contributed by atoms with E-state index >= 15 is 0 Å². The van der Waals surface area contributed by atoms with E-state index in [-0.39, 0.29) is 26.3 Å². The molecule has 0 aliphatic carbocycles. The Labute approximate surface area is 128 Å². The Kier molecular flexibility index (Phi) is 4.29. The second-order valence-corrected chi connectivity index (χ2v) is 6.15. The fourth-order valence-corrected chi connectivity index (χ4v) is 3.61. The molecule has 0 aliphatic rings. The summed E-state index contributed by atoms with van der Waals surface area (Å²) in [4.78, 5) is 3.90. The van der Waals surface area contributed by atoms with Gasteiger partial charge in [0.25, 0.3) is 0 Å². The van der Waals surface area contributed by atoms with Crippen molar-refractivity contribution >= 4 is 14.9 Å². The van der Waals surface area contributed by atoms with Gasteiger partial charge in [-0.2, -0.15) is 5.10 Å². The molecule has 22 heavy (non-hydrogen) atoms. The van der Waals surface area contributed by atoms with Gasteiger partial charge in [0.2, 0.25) is 0 Å². The summed E-state index contributed by atoms with van der Waals surface area (Å²) in [6, 6.07) is 12.9. The third kappa shape index (κ3) is 3.40. The third-order valence-electron chi connectivity index (χ3n) is 3.33. The minimum Gasteiger partial charge on any atom is -0.234 e. The van der Waals surface area contributed by atoms with Crippen LogP contribution in [-0.2, 0) is 0 Å². The molecule has 0 amide bonds. The van der Waals surface area contributed by atoms with Gasteiger partial charge < -0.3 is 0 Å². The lowest BCUT2D eigenvalue weighted by atomic mass is 10.0. The fraction of sp³-hybridized carbons (Fsp3) is 0.0625. The van der Waals surface area contributed by atoms with Gasteiger partial charge in [-0.3, -0.25) is 0 Å². The van der Waals surface area contributed by atoms with Crippen LogP contribution in [0, 0.1) is 11.6 Å². The molecule has 3 nitrogen and oxygen atoms in total. The Morgan fingerprint density at radius 3 is 1.91 bits per heavy atom. The van der Waals surface area contributed by atoms with Crippen molar-refractivity contribution in [2.75, 3.05) is 0 Å². The topological polar surface area (TPSA) is 30.7 Å². The van der Waals surface area contributed by atoms with Gasteiger partial charge in [0, 0.05) is 20.5 Å². The quantitative estimate of drug-likeness (QED) is 0.693. The zero-order valence-corrected chi connectivity index (χ0v) is 12.8. The predicted octanol–water partition coefficient (Wildman–Crippen LogP) is 2.39. The Hall–Kier alpha value is -2.47. The van der Waals surface area contributed by atoms with Crippen LogP contribution in [0.2, 0.25) is 0 Å². The Morgan fingerprint density at radius 1 is 0.909 bits per heavy atom. The molecule has 0 bridgehead atoms. The Bertz CT molecular complexity index is 708. The second kappa shape index (κ2) is 6.53. The lowest BCUT2D eigenvalue weighted by Gasteiger charge is -2.14. The fourth-order valence-electron chi connectivity index (χ4n) is 2.22. The van der Waals surface area contributed by atoms with Crippen molar-refractivity contribution in [3.05, 3.63) is 83.9 Å². The summed E-state index contributed by atoms with van der Waals surface area (Å²) in [5, 5.41) is 4.05. The van der Waals surface area contributed by atoms with Crippen LogP contribution in [0.25, 0.3) is 0 Å². The lowest BCUT2D eigenvalue weighted by Crippen LogP contribution is -2.10. The van der Waals surface area contributed by atoms with Gasteiger partial charge in [-0.05, 0) is 35.4 Å². The molecule has 0 saturated heterocycles. The molecule has 0 fully saturated rings.